The zero-order valence-corrected chi connectivity index (χ0v) is 29.3. The van der Waals surface area contributed by atoms with Crippen LogP contribution in [0.5, 0.6) is 0 Å². The number of allylic oxidation sites excluding steroid dienone is 1. The van der Waals surface area contributed by atoms with Crippen molar-refractivity contribution in [1.82, 2.24) is 14.0 Å². The number of benzene rings is 6. The summed E-state index contributed by atoms with van der Waals surface area (Å²) in [6.45, 7) is 2.31. The Morgan fingerprint density at radius 2 is 1.19 bits per heavy atom. The van der Waals surface area contributed by atoms with Crippen LogP contribution in [0, 0.1) is 5.92 Å². The Kier molecular flexibility index (Phi) is 7.10. The van der Waals surface area contributed by atoms with Crippen LogP contribution in [-0.4, -0.2) is 26.8 Å². The predicted octanol–water partition coefficient (Wildman–Crippen LogP) is 9.80. The third-order valence-corrected chi connectivity index (χ3v) is 10.9. The highest BCUT2D eigenvalue weighted by atomic mass is 15.2. The second kappa shape index (κ2) is 12.1. The minimum atomic E-state index is -0.163. The monoisotopic (exact) mass is 670 g/mol. The SMILES string of the molecule is CC1C=c2c(c3ccccc3n2-c2ccc3c(c2)c2ccccc2n3-c2ccc(C3N=C(c4ccccc4)C=C(c4ccccc4)N3C)cc2)=CC1. The molecule has 4 heteroatoms. The van der Waals surface area contributed by atoms with Gasteiger partial charge in [-0.05, 0) is 77.6 Å². The van der Waals surface area contributed by atoms with Gasteiger partial charge in [0.15, 0.2) is 0 Å². The van der Waals surface area contributed by atoms with E-state index in [1.54, 1.807) is 0 Å². The summed E-state index contributed by atoms with van der Waals surface area (Å²) in [6.07, 6.45) is 7.99. The highest BCUT2D eigenvalue weighted by Crippen LogP contribution is 2.37. The molecule has 4 nitrogen and oxygen atoms in total. The molecule has 2 atom stereocenters. The summed E-state index contributed by atoms with van der Waals surface area (Å²) >= 11 is 0. The molecule has 0 saturated heterocycles. The molecule has 2 aromatic heterocycles. The van der Waals surface area contributed by atoms with Crippen LogP contribution in [0.15, 0.2) is 163 Å². The molecule has 2 unspecified atom stereocenters. The Balaban J connectivity index is 1.09. The summed E-state index contributed by atoms with van der Waals surface area (Å²) < 4.78 is 4.86. The van der Waals surface area contributed by atoms with E-state index in [-0.39, 0.29) is 6.17 Å². The number of hydrogen-bond donors (Lipinski definition) is 0. The lowest BCUT2D eigenvalue weighted by Gasteiger charge is -2.34. The maximum atomic E-state index is 5.31. The number of aromatic nitrogens is 2. The molecular formula is C48H38N4. The normalized spacial score (nSPS) is 17.1. The standard InChI is InChI=1S/C48H38N4/c1-32-21-27-40-38-17-9-11-19-43(38)52(47(40)29-32)37-26-28-45-41(30-37)39-18-10-12-20-44(39)51(45)36-24-22-35(23-25-36)48-49-42(33-13-5-3-6-14-33)31-46(50(48)2)34-15-7-4-8-16-34/h3-20,22-32,48H,21H2,1-2H3. The van der Waals surface area contributed by atoms with Crippen molar-refractivity contribution in [2.24, 2.45) is 10.9 Å². The highest BCUT2D eigenvalue weighted by Gasteiger charge is 2.25. The molecule has 8 aromatic rings. The Hall–Kier alpha value is -6.39. The lowest BCUT2D eigenvalue weighted by molar-refractivity contribution is 0.364. The molecule has 10 rings (SSSR count). The lowest BCUT2D eigenvalue weighted by Crippen LogP contribution is -2.31. The van der Waals surface area contributed by atoms with Gasteiger partial charge in [-0.2, -0.15) is 0 Å². The van der Waals surface area contributed by atoms with Gasteiger partial charge in [-0.1, -0.05) is 128 Å². The minimum Gasteiger partial charge on any atom is -0.349 e. The molecule has 52 heavy (non-hydrogen) atoms. The lowest BCUT2D eigenvalue weighted by atomic mass is 10.0. The summed E-state index contributed by atoms with van der Waals surface area (Å²) in [4.78, 5) is 7.60. The van der Waals surface area contributed by atoms with Crippen molar-refractivity contribution in [1.29, 1.82) is 0 Å². The van der Waals surface area contributed by atoms with Crippen molar-refractivity contribution in [2.75, 3.05) is 7.05 Å². The summed E-state index contributed by atoms with van der Waals surface area (Å²) in [6, 6.07) is 54.7. The van der Waals surface area contributed by atoms with Crippen molar-refractivity contribution < 1.29 is 0 Å². The number of fused-ring (bicyclic) bond motifs is 6. The smallest absolute Gasteiger partial charge is 0.147 e. The molecule has 1 aliphatic heterocycles. The molecule has 6 aromatic carbocycles. The van der Waals surface area contributed by atoms with Gasteiger partial charge in [-0.15, -0.1) is 0 Å². The van der Waals surface area contributed by atoms with Crippen LogP contribution in [0.4, 0.5) is 0 Å². The molecule has 0 saturated carbocycles. The van der Waals surface area contributed by atoms with E-state index in [9.17, 15) is 0 Å². The van der Waals surface area contributed by atoms with Crippen molar-refractivity contribution in [3.05, 3.63) is 185 Å². The van der Waals surface area contributed by atoms with Crippen LogP contribution < -0.4 is 10.6 Å². The quantitative estimate of drug-likeness (QED) is 0.179. The molecule has 0 bridgehead atoms. The average molecular weight is 671 g/mol. The van der Waals surface area contributed by atoms with E-state index >= 15 is 0 Å². The molecule has 250 valence electrons. The van der Waals surface area contributed by atoms with E-state index < -0.39 is 0 Å². The van der Waals surface area contributed by atoms with Crippen LogP contribution in [-0.2, 0) is 0 Å². The number of para-hydroxylation sites is 2. The number of rotatable bonds is 5. The first kappa shape index (κ1) is 30.4. The molecule has 1 aliphatic carbocycles. The van der Waals surface area contributed by atoms with Gasteiger partial charge in [-0.25, -0.2) is 0 Å². The van der Waals surface area contributed by atoms with Gasteiger partial charge in [0.25, 0.3) is 0 Å². The molecule has 0 amide bonds. The van der Waals surface area contributed by atoms with E-state index in [0.717, 1.165) is 34.6 Å². The molecule has 2 aliphatic rings. The Labute approximate surface area is 303 Å². The van der Waals surface area contributed by atoms with Crippen LogP contribution in [0.25, 0.3) is 61.9 Å². The van der Waals surface area contributed by atoms with Crippen molar-refractivity contribution in [3.8, 4) is 11.4 Å². The van der Waals surface area contributed by atoms with E-state index in [0.29, 0.717) is 5.92 Å². The van der Waals surface area contributed by atoms with Gasteiger partial charge in [0.05, 0.1) is 27.6 Å². The van der Waals surface area contributed by atoms with Crippen LogP contribution >= 0.6 is 0 Å². The Bertz CT molecular complexity index is 2840. The summed E-state index contributed by atoms with van der Waals surface area (Å²) in [5.41, 5.74) is 11.6. The maximum Gasteiger partial charge on any atom is 0.147 e. The second-order valence-corrected chi connectivity index (χ2v) is 14.1. The summed E-state index contributed by atoms with van der Waals surface area (Å²) in [5, 5.41) is 6.47. The molecule has 0 N–H and O–H groups in total. The fraction of sp³-hybridized carbons (Fsp3) is 0.104. The van der Waals surface area contributed by atoms with E-state index in [1.165, 1.54) is 54.5 Å². The minimum absolute atomic E-state index is 0.163. The maximum absolute atomic E-state index is 5.31. The topological polar surface area (TPSA) is 25.5 Å². The zero-order valence-electron chi connectivity index (χ0n) is 29.3. The van der Waals surface area contributed by atoms with Gasteiger partial charge in [0, 0.05) is 45.5 Å². The van der Waals surface area contributed by atoms with Gasteiger partial charge in [-0.3, -0.25) is 4.99 Å². The first-order valence-electron chi connectivity index (χ1n) is 18.2. The Morgan fingerprint density at radius 1 is 0.577 bits per heavy atom. The fourth-order valence-corrected chi connectivity index (χ4v) is 8.34. The van der Waals surface area contributed by atoms with E-state index in [2.05, 4.69) is 198 Å². The zero-order chi connectivity index (χ0) is 34.8. The van der Waals surface area contributed by atoms with Crippen LogP contribution in [0.1, 0.15) is 36.2 Å². The molecule has 3 heterocycles. The van der Waals surface area contributed by atoms with Crippen molar-refractivity contribution >= 4 is 56.3 Å². The molecule has 0 radical (unpaired) electrons. The first-order valence-corrected chi connectivity index (χ1v) is 18.2. The van der Waals surface area contributed by atoms with Gasteiger partial charge in [0.1, 0.15) is 6.17 Å². The summed E-state index contributed by atoms with van der Waals surface area (Å²) in [7, 11) is 2.15. The third-order valence-electron chi connectivity index (χ3n) is 10.9. The van der Waals surface area contributed by atoms with Crippen molar-refractivity contribution in [2.45, 2.75) is 19.5 Å². The number of aliphatic imine (C=N–C) groups is 1. The average Bonchev–Trinajstić information content (AvgIpc) is 3.70. The number of nitrogens with zero attached hydrogens (tertiary/aromatic N) is 4. The van der Waals surface area contributed by atoms with Gasteiger partial charge < -0.3 is 14.0 Å². The Morgan fingerprint density at radius 3 is 1.94 bits per heavy atom. The second-order valence-electron chi connectivity index (χ2n) is 14.1. The first-order chi connectivity index (χ1) is 25.6. The van der Waals surface area contributed by atoms with Crippen molar-refractivity contribution in [3.63, 3.8) is 0 Å². The molecule has 0 spiro atoms. The van der Waals surface area contributed by atoms with E-state index in [4.69, 9.17) is 4.99 Å². The third kappa shape index (κ3) is 4.86. The predicted molar refractivity (Wildman–Crippen MR) is 217 cm³/mol. The molecule has 0 fully saturated rings. The highest BCUT2D eigenvalue weighted by molar-refractivity contribution is 6.13. The van der Waals surface area contributed by atoms with Crippen LogP contribution in [0.2, 0.25) is 0 Å². The summed E-state index contributed by atoms with van der Waals surface area (Å²) in [5.74, 6) is 0.508. The fourth-order valence-electron chi connectivity index (χ4n) is 8.34. The number of hydrogen-bond acceptors (Lipinski definition) is 2. The van der Waals surface area contributed by atoms with Gasteiger partial charge in [0.2, 0.25) is 0 Å². The largest absolute Gasteiger partial charge is 0.349 e. The molecular weight excluding hydrogens is 633 g/mol. The van der Waals surface area contributed by atoms with Gasteiger partial charge >= 0.3 is 0 Å². The van der Waals surface area contributed by atoms with Crippen LogP contribution in [0.3, 0.4) is 0 Å². The van der Waals surface area contributed by atoms with E-state index in [1.807, 2.05) is 0 Å².